The Morgan fingerprint density at radius 2 is 1.74 bits per heavy atom. The summed E-state index contributed by atoms with van der Waals surface area (Å²) in [7, 11) is 0. The molecule has 0 bridgehead atoms. The van der Waals surface area contributed by atoms with E-state index in [9.17, 15) is 9.59 Å². The van der Waals surface area contributed by atoms with Gasteiger partial charge in [0.25, 0.3) is 0 Å². The molecule has 0 radical (unpaired) electrons. The molecular formula is C18H12ClNO3. The fourth-order valence-corrected chi connectivity index (χ4v) is 1.91. The number of nitrogens with zero attached hydrogens (tertiary/aromatic N) is 1. The van der Waals surface area contributed by atoms with Gasteiger partial charge in [-0.1, -0.05) is 41.9 Å². The van der Waals surface area contributed by atoms with Crippen LogP contribution in [0.3, 0.4) is 0 Å². The third-order valence-electron chi connectivity index (χ3n) is 2.95. The van der Waals surface area contributed by atoms with Crippen molar-refractivity contribution < 1.29 is 14.3 Å². The summed E-state index contributed by atoms with van der Waals surface area (Å²) in [5.41, 5.74) is 0.915. The Morgan fingerprint density at radius 1 is 1.09 bits per heavy atom. The fourth-order valence-electron chi connectivity index (χ4n) is 1.78. The SMILES string of the molecule is N#C/C(=C\c1ccccc1)C(=O)OCC(=O)c1ccc(Cl)cc1. The molecule has 0 aliphatic carbocycles. The molecule has 0 atom stereocenters. The average molecular weight is 326 g/mol. The van der Waals surface area contributed by atoms with Crippen molar-refractivity contribution in [1.29, 1.82) is 5.26 Å². The second-order valence-corrected chi connectivity index (χ2v) is 5.02. The van der Waals surface area contributed by atoms with E-state index in [1.807, 2.05) is 6.07 Å². The number of esters is 1. The van der Waals surface area contributed by atoms with Crippen LogP contribution in [0.25, 0.3) is 6.08 Å². The summed E-state index contributed by atoms with van der Waals surface area (Å²) in [4.78, 5) is 23.8. The molecule has 0 spiro atoms. The Bertz CT molecular complexity index is 774. The molecule has 0 N–H and O–H groups in total. The highest BCUT2D eigenvalue weighted by Gasteiger charge is 2.14. The number of hydrogen-bond donors (Lipinski definition) is 0. The van der Waals surface area contributed by atoms with Crippen molar-refractivity contribution >= 4 is 29.4 Å². The topological polar surface area (TPSA) is 67.2 Å². The predicted octanol–water partition coefficient (Wildman–Crippen LogP) is 3.67. The van der Waals surface area contributed by atoms with Gasteiger partial charge in [-0.3, -0.25) is 4.79 Å². The van der Waals surface area contributed by atoms with E-state index in [1.54, 1.807) is 54.6 Å². The zero-order valence-electron chi connectivity index (χ0n) is 12.0. The number of halogens is 1. The number of benzene rings is 2. The Labute approximate surface area is 138 Å². The largest absolute Gasteiger partial charge is 0.453 e. The number of carbonyl (C=O) groups is 2. The van der Waals surface area contributed by atoms with Crippen molar-refractivity contribution in [3.05, 3.63) is 76.3 Å². The number of ketones is 1. The molecule has 0 aliphatic rings. The van der Waals surface area contributed by atoms with Crippen LogP contribution in [0.5, 0.6) is 0 Å². The first-order valence-corrected chi connectivity index (χ1v) is 7.10. The maximum Gasteiger partial charge on any atom is 0.349 e. The maximum absolute atomic E-state index is 11.9. The van der Waals surface area contributed by atoms with Gasteiger partial charge >= 0.3 is 5.97 Å². The van der Waals surface area contributed by atoms with Gasteiger partial charge < -0.3 is 4.74 Å². The highest BCUT2D eigenvalue weighted by molar-refractivity contribution is 6.30. The molecule has 0 heterocycles. The lowest BCUT2D eigenvalue weighted by molar-refractivity contribution is -0.137. The normalized spacial score (nSPS) is 10.7. The highest BCUT2D eigenvalue weighted by Crippen LogP contribution is 2.11. The minimum absolute atomic E-state index is 0.167. The smallest absolute Gasteiger partial charge is 0.349 e. The number of Topliss-reactive ketones (excluding diaryl/α,β-unsaturated/α-hetero) is 1. The van der Waals surface area contributed by atoms with Gasteiger partial charge in [-0.15, -0.1) is 0 Å². The molecule has 2 aromatic rings. The van der Waals surface area contributed by atoms with Crippen LogP contribution < -0.4 is 0 Å². The number of carbonyl (C=O) groups excluding carboxylic acids is 2. The highest BCUT2D eigenvalue weighted by atomic mass is 35.5. The van der Waals surface area contributed by atoms with Crippen LogP contribution in [0.2, 0.25) is 5.02 Å². The second kappa shape index (κ2) is 7.92. The third kappa shape index (κ3) is 4.80. The van der Waals surface area contributed by atoms with E-state index < -0.39 is 12.6 Å². The van der Waals surface area contributed by atoms with E-state index in [4.69, 9.17) is 21.6 Å². The van der Waals surface area contributed by atoms with Crippen LogP contribution >= 0.6 is 11.6 Å². The Morgan fingerprint density at radius 3 is 2.35 bits per heavy atom. The quantitative estimate of drug-likeness (QED) is 0.364. The molecule has 114 valence electrons. The third-order valence-corrected chi connectivity index (χ3v) is 3.20. The fraction of sp³-hybridized carbons (Fsp3) is 0.0556. The molecule has 0 aliphatic heterocycles. The van der Waals surface area contributed by atoms with E-state index in [0.29, 0.717) is 16.1 Å². The lowest BCUT2D eigenvalue weighted by atomic mass is 10.1. The van der Waals surface area contributed by atoms with Crippen LogP contribution in [0.1, 0.15) is 15.9 Å². The van der Waals surface area contributed by atoms with E-state index in [0.717, 1.165) is 0 Å². The maximum atomic E-state index is 11.9. The van der Waals surface area contributed by atoms with Gasteiger partial charge in [0, 0.05) is 10.6 Å². The molecule has 23 heavy (non-hydrogen) atoms. The molecule has 0 fully saturated rings. The van der Waals surface area contributed by atoms with Crippen molar-refractivity contribution in [2.75, 3.05) is 6.61 Å². The molecule has 2 aromatic carbocycles. The van der Waals surface area contributed by atoms with E-state index in [-0.39, 0.29) is 11.4 Å². The number of ether oxygens (including phenoxy) is 1. The Balaban J connectivity index is 2.00. The lowest BCUT2D eigenvalue weighted by Crippen LogP contribution is -2.15. The zero-order chi connectivity index (χ0) is 16.7. The minimum atomic E-state index is -0.835. The second-order valence-electron chi connectivity index (χ2n) is 4.59. The molecule has 0 saturated heterocycles. The van der Waals surface area contributed by atoms with Gasteiger partial charge in [-0.05, 0) is 35.9 Å². The van der Waals surface area contributed by atoms with Crippen molar-refractivity contribution in [1.82, 2.24) is 0 Å². The molecule has 0 aromatic heterocycles. The monoisotopic (exact) mass is 325 g/mol. The summed E-state index contributed by atoms with van der Waals surface area (Å²) in [6.45, 7) is -0.436. The van der Waals surface area contributed by atoms with Gasteiger partial charge in [0.2, 0.25) is 0 Å². The van der Waals surface area contributed by atoms with Crippen LogP contribution in [0.15, 0.2) is 60.2 Å². The summed E-state index contributed by atoms with van der Waals surface area (Å²) < 4.78 is 4.90. The molecule has 4 nitrogen and oxygen atoms in total. The number of rotatable bonds is 5. The summed E-state index contributed by atoms with van der Waals surface area (Å²) in [6.07, 6.45) is 1.41. The predicted molar refractivity (Wildman–Crippen MR) is 86.8 cm³/mol. The average Bonchev–Trinajstić information content (AvgIpc) is 2.58. The van der Waals surface area contributed by atoms with Crippen LogP contribution in [-0.4, -0.2) is 18.4 Å². The van der Waals surface area contributed by atoms with Crippen molar-refractivity contribution in [2.24, 2.45) is 0 Å². The molecule has 0 unspecified atom stereocenters. The Kier molecular flexibility index (Phi) is 5.67. The van der Waals surface area contributed by atoms with Gasteiger partial charge in [0.1, 0.15) is 11.6 Å². The number of hydrogen-bond acceptors (Lipinski definition) is 4. The first-order valence-electron chi connectivity index (χ1n) is 6.73. The van der Waals surface area contributed by atoms with E-state index in [1.165, 1.54) is 6.08 Å². The van der Waals surface area contributed by atoms with Crippen molar-refractivity contribution in [3.63, 3.8) is 0 Å². The van der Waals surface area contributed by atoms with Crippen LogP contribution in [-0.2, 0) is 9.53 Å². The summed E-state index contributed by atoms with van der Waals surface area (Å²) in [5, 5.41) is 9.56. The summed E-state index contributed by atoms with van der Waals surface area (Å²) in [6, 6.07) is 16.9. The van der Waals surface area contributed by atoms with Gasteiger partial charge in [0.15, 0.2) is 12.4 Å². The molecule has 0 saturated carbocycles. The van der Waals surface area contributed by atoms with E-state index >= 15 is 0 Å². The minimum Gasteiger partial charge on any atom is -0.453 e. The first-order chi connectivity index (χ1) is 11.1. The van der Waals surface area contributed by atoms with Crippen molar-refractivity contribution in [3.8, 4) is 6.07 Å². The summed E-state index contributed by atoms with van der Waals surface area (Å²) >= 11 is 5.74. The van der Waals surface area contributed by atoms with Crippen molar-refractivity contribution in [2.45, 2.75) is 0 Å². The molecule has 5 heteroatoms. The zero-order valence-corrected chi connectivity index (χ0v) is 12.8. The van der Waals surface area contributed by atoms with Crippen LogP contribution in [0, 0.1) is 11.3 Å². The number of nitriles is 1. The van der Waals surface area contributed by atoms with Gasteiger partial charge in [0.05, 0.1) is 0 Å². The Hall–Kier alpha value is -2.90. The molecule has 0 amide bonds. The van der Waals surface area contributed by atoms with Gasteiger partial charge in [-0.2, -0.15) is 5.26 Å². The lowest BCUT2D eigenvalue weighted by Gasteiger charge is -2.04. The summed E-state index contributed by atoms with van der Waals surface area (Å²) in [5.74, 6) is -1.20. The van der Waals surface area contributed by atoms with Gasteiger partial charge in [-0.25, -0.2) is 4.79 Å². The molecular weight excluding hydrogens is 314 g/mol. The first kappa shape index (κ1) is 16.5. The standard InChI is InChI=1S/C18H12ClNO3/c19-16-8-6-14(7-9-16)17(21)12-23-18(22)15(11-20)10-13-4-2-1-3-5-13/h1-10H,12H2/b15-10+. The van der Waals surface area contributed by atoms with E-state index in [2.05, 4.69) is 0 Å². The molecule has 2 rings (SSSR count). The van der Waals surface area contributed by atoms with Crippen LogP contribution in [0.4, 0.5) is 0 Å².